The van der Waals surface area contributed by atoms with Gasteiger partial charge in [-0.2, -0.15) is 10.1 Å². The number of benzene rings is 2. The average Bonchev–Trinajstić information content (AvgIpc) is 2.55. The third kappa shape index (κ3) is 3.78. The highest BCUT2D eigenvalue weighted by Gasteiger charge is 2.06. The Morgan fingerprint density at radius 2 is 1.88 bits per heavy atom. The number of hydrogen-bond acceptors (Lipinski definition) is 5. The van der Waals surface area contributed by atoms with Crippen molar-refractivity contribution >= 4 is 34.7 Å². The van der Waals surface area contributed by atoms with Crippen molar-refractivity contribution < 1.29 is 4.39 Å². The van der Waals surface area contributed by atoms with Crippen LogP contribution in [0.5, 0.6) is 0 Å². The van der Waals surface area contributed by atoms with E-state index in [1.165, 1.54) is 18.3 Å². The molecule has 5 nitrogen and oxygen atoms in total. The predicted molar refractivity (Wildman–Crippen MR) is 93.7 cm³/mol. The van der Waals surface area contributed by atoms with Gasteiger partial charge in [-0.15, -0.1) is 5.10 Å². The predicted octanol–water partition coefficient (Wildman–Crippen LogP) is 4.77. The molecule has 2 N–H and O–H groups in total. The lowest BCUT2D eigenvalue weighted by atomic mass is 10.1. The third-order valence-corrected chi connectivity index (χ3v) is 3.68. The van der Waals surface area contributed by atoms with Gasteiger partial charge in [-0.1, -0.05) is 23.7 Å². The smallest absolute Gasteiger partial charge is 0.249 e. The Labute approximate surface area is 143 Å². The van der Waals surface area contributed by atoms with Crippen LogP contribution < -0.4 is 10.6 Å². The summed E-state index contributed by atoms with van der Waals surface area (Å²) in [7, 11) is 0. The Hall–Kier alpha value is -2.73. The average molecular weight is 344 g/mol. The molecule has 0 atom stereocenters. The molecule has 0 amide bonds. The molecule has 0 unspecified atom stereocenters. The van der Waals surface area contributed by atoms with Gasteiger partial charge in [0, 0.05) is 11.4 Å². The van der Waals surface area contributed by atoms with E-state index in [2.05, 4.69) is 25.8 Å². The molecule has 1 aromatic heterocycles. The van der Waals surface area contributed by atoms with Crippen molar-refractivity contribution in [3.63, 3.8) is 0 Å². The van der Waals surface area contributed by atoms with Gasteiger partial charge in [0.25, 0.3) is 0 Å². The maximum Gasteiger partial charge on any atom is 0.249 e. The van der Waals surface area contributed by atoms with Gasteiger partial charge in [-0.25, -0.2) is 4.39 Å². The molecule has 0 radical (unpaired) electrons. The minimum absolute atomic E-state index is 0.0377. The zero-order valence-electron chi connectivity index (χ0n) is 13.1. The highest BCUT2D eigenvalue weighted by Crippen LogP contribution is 2.23. The molecule has 0 bridgehead atoms. The van der Waals surface area contributed by atoms with Crippen LogP contribution in [0.3, 0.4) is 0 Å². The van der Waals surface area contributed by atoms with Crippen molar-refractivity contribution in [2.45, 2.75) is 13.8 Å². The summed E-state index contributed by atoms with van der Waals surface area (Å²) in [5, 5.41) is 14.1. The molecule has 0 aliphatic heterocycles. The topological polar surface area (TPSA) is 62.7 Å². The summed E-state index contributed by atoms with van der Waals surface area (Å²) < 4.78 is 13.2. The second-order valence-corrected chi connectivity index (χ2v) is 5.77. The zero-order valence-corrected chi connectivity index (χ0v) is 13.9. The van der Waals surface area contributed by atoms with Crippen molar-refractivity contribution in [3.8, 4) is 0 Å². The molecule has 0 spiro atoms. The summed E-state index contributed by atoms with van der Waals surface area (Å²) in [6, 6.07) is 10.4. The molecule has 122 valence electrons. The van der Waals surface area contributed by atoms with Gasteiger partial charge in [0.2, 0.25) is 5.95 Å². The fourth-order valence-electron chi connectivity index (χ4n) is 2.13. The van der Waals surface area contributed by atoms with Gasteiger partial charge in [0.1, 0.15) is 5.82 Å². The van der Waals surface area contributed by atoms with Crippen molar-refractivity contribution in [1.82, 2.24) is 15.2 Å². The van der Waals surface area contributed by atoms with Gasteiger partial charge in [-0.3, -0.25) is 0 Å². The Kier molecular flexibility index (Phi) is 4.57. The van der Waals surface area contributed by atoms with Gasteiger partial charge >= 0.3 is 0 Å². The molecule has 0 saturated heterocycles. The summed E-state index contributed by atoms with van der Waals surface area (Å²) in [6.07, 6.45) is 1.48. The van der Waals surface area contributed by atoms with Crippen molar-refractivity contribution in [2.75, 3.05) is 10.6 Å². The lowest BCUT2D eigenvalue weighted by molar-refractivity contribution is 0.628. The van der Waals surface area contributed by atoms with Crippen LogP contribution in [0.15, 0.2) is 42.6 Å². The fourth-order valence-corrected chi connectivity index (χ4v) is 2.31. The van der Waals surface area contributed by atoms with E-state index in [0.29, 0.717) is 17.5 Å². The van der Waals surface area contributed by atoms with E-state index < -0.39 is 5.82 Å². The SMILES string of the molecule is Cc1ccc(C)c(Nc2nncc(Nc3ccc(F)c(Cl)c3)n2)c1. The normalized spacial score (nSPS) is 10.5. The molecular formula is C17H15ClFN5. The molecule has 1 heterocycles. The number of rotatable bonds is 4. The van der Waals surface area contributed by atoms with Crippen LogP contribution in [0, 0.1) is 19.7 Å². The van der Waals surface area contributed by atoms with E-state index >= 15 is 0 Å². The van der Waals surface area contributed by atoms with E-state index in [1.807, 2.05) is 32.0 Å². The Balaban J connectivity index is 1.81. The van der Waals surface area contributed by atoms with E-state index in [0.717, 1.165) is 16.8 Å². The number of anilines is 4. The minimum Gasteiger partial charge on any atom is -0.339 e. The number of nitrogens with one attached hydrogen (secondary N) is 2. The van der Waals surface area contributed by atoms with E-state index in [9.17, 15) is 4.39 Å². The molecule has 3 rings (SSSR count). The van der Waals surface area contributed by atoms with Crippen LogP contribution in [0.1, 0.15) is 11.1 Å². The van der Waals surface area contributed by atoms with E-state index in [4.69, 9.17) is 11.6 Å². The van der Waals surface area contributed by atoms with Gasteiger partial charge in [0.15, 0.2) is 5.82 Å². The summed E-state index contributed by atoms with van der Waals surface area (Å²) in [4.78, 5) is 4.35. The summed E-state index contributed by atoms with van der Waals surface area (Å²) in [5.74, 6) is 0.364. The first-order chi connectivity index (χ1) is 11.5. The van der Waals surface area contributed by atoms with Crippen LogP contribution in [0.25, 0.3) is 0 Å². The van der Waals surface area contributed by atoms with Gasteiger partial charge in [-0.05, 0) is 49.2 Å². The van der Waals surface area contributed by atoms with Crippen LogP contribution in [0.2, 0.25) is 5.02 Å². The lowest BCUT2D eigenvalue weighted by Gasteiger charge is -2.10. The van der Waals surface area contributed by atoms with E-state index in [1.54, 1.807) is 6.07 Å². The Morgan fingerprint density at radius 3 is 2.67 bits per heavy atom. The highest BCUT2D eigenvalue weighted by atomic mass is 35.5. The maximum absolute atomic E-state index is 13.2. The quantitative estimate of drug-likeness (QED) is 0.714. The first kappa shape index (κ1) is 16.1. The number of halogens is 2. The molecule has 3 aromatic rings. The largest absolute Gasteiger partial charge is 0.339 e. The van der Waals surface area contributed by atoms with E-state index in [-0.39, 0.29) is 5.02 Å². The maximum atomic E-state index is 13.2. The summed E-state index contributed by atoms with van der Waals surface area (Å²) in [6.45, 7) is 4.01. The first-order valence-electron chi connectivity index (χ1n) is 7.27. The first-order valence-corrected chi connectivity index (χ1v) is 7.65. The highest BCUT2D eigenvalue weighted by molar-refractivity contribution is 6.31. The molecule has 2 aromatic carbocycles. The zero-order chi connectivity index (χ0) is 17.1. The van der Waals surface area contributed by atoms with Crippen LogP contribution in [0.4, 0.5) is 27.5 Å². The fraction of sp³-hybridized carbons (Fsp3) is 0.118. The van der Waals surface area contributed by atoms with Crippen LogP contribution in [-0.2, 0) is 0 Å². The number of nitrogens with zero attached hydrogens (tertiary/aromatic N) is 3. The molecule has 0 saturated carbocycles. The molecule has 0 aliphatic rings. The minimum atomic E-state index is -0.472. The summed E-state index contributed by atoms with van der Waals surface area (Å²) >= 11 is 5.78. The second kappa shape index (κ2) is 6.80. The van der Waals surface area contributed by atoms with Gasteiger partial charge in [0.05, 0.1) is 11.2 Å². The monoisotopic (exact) mass is 343 g/mol. The van der Waals surface area contributed by atoms with Crippen LogP contribution in [-0.4, -0.2) is 15.2 Å². The third-order valence-electron chi connectivity index (χ3n) is 3.39. The number of aromatic nitrogens is 3. The number of hydrogen-bond donors (Lipinski definition) is 2. The molecule has 7 heteroatoms. The second-order valence-electron chi connectivity index (χ2n) is 5.36. The van der Waals surface area contributed by atoms with Crippen molar-refractivity contribution in [1.29, 1.82) is 0 Å². The van der Waals surface area contributed by atoms with Crippen LogP contribution >= 0.6 is 11.6 Å². The van der Waals surface area contributed by atoms with Crippen molar-refractivity contribution in [2.24, 2.45) is 0 Å². The lowest BCUT2D eigenvalue weighted by Crippen LogP contribution is -2.03. The standard InChI is InChI=1S/C17H15ClFN5/c1-10-3-4-11(2)15(7-10)22-17-23-16(9-20-24-17)21-12-5-6-14(19)13(18)8-12/h3-9H,1-2H3,(H2,21,22,23,24). The van der Waals surface area contributed by atoms with Crippen molar-refractivity contribution in [3.05, 3.63) is 64.6 Å². The Morgan fingerprint density at radius 1 is 1.04 bits per heavy atom. The molecule has 0 aliphatic carbocycles. The Bertz CT molecular complexity index is 885. The molecular weight excluding hydrogens is 329 g/mol. The summed E-state index contributed by atoms with van der Waals surface area (Å²) in [5.41, 5.74) is 3.73. The molecule has 24 heavy (non-hydrogen) atoms. The van der Waals surface area contributed by atoms with Gasteiger partial charge < -0.3 is 10.6 Å². The molecule has 0 fully saturated rings. The number of aryl methyl sites for hydroxylation is 2.